The first-order chi connectivity index (χ1) is 8.00. The second kappa shape index (κ2) is 4.66. The zero-order valence-corrected chi connectivity index (χ0v) is 11.2. The van der Waals surface area contributed by atoms with Crippen molar-refractivity contribution in [3.63, 3.8) is 0 Å². The van der Waals surface area contributed by atoms with Gasteiger partial charge < -0.3 is 0 Å². The van der Waals surface area contributed by atoms with Gasteiger partial charge in [0.15, 0.2) is 11.6 Å². The van der Waals surface area contributed by atoms with E-state index in [1.165, 1.54) is 23.5 Å². The van der Waals surface area contributed by atoms with Gasteiger partial charge in [0, 0.05) is 0 Å². The van der Waals surface area contributed by atoms with E-state index in [-0.39, 0.29) is 5.56 Å². The number of halogens is 3. The van der Waals surface area contributed by atoms with Gasteiger partial charge in [0.25, 0.3) is 0 Å². The third kappa shape index (κ3) is 2.30. The van der Waals surface area contributed by atoms with Crippen LogP contribution in [0, 0.1) is 18.6 Å². The van der Waals surface area contributed by atoms with Crippen LogP contribution in [0.5, 0.6) is 0 Å². The van der Waals surface area contributed by atoms with Crippen molar-refractivity contribution in [3.8, 4) is 0 Å². The average molecular weight is 317 g/mol. The first kappa shape index (κ1) is 12.4. The smallest absolute Gasteiger partial charge is 0.206 e. The van der Waals surface area contributed by atoms with Crippen LogP contribution in [-0.2, 0) is 0 Å². The topological polar surface area (TPSA) is 17.1 Å². The van der Waals surface area contributed by atoms with Crippen molar-refractivity contribution in [1.82, 2.24) is 0 Å². The van der Waals surface area contributed by atoms with Crippen LogP contribution in [-0.4, -0.2) is 5.78 Å². The van der Waals surface area contributed by atoms with Crippen molar-refractivity contribution in [3.05, 3.63) is 55.7 Å². The highest BCUT2D eigenvalue weighted by atomic mass is 79.9. The second-order valence-corrected chi connectivity index (χ2v) is 5.87. The molecule has 1 nitrogen and oxygen atoms in total. The Bertz CT molecular complexity index is 573. The molecule has 0 amide bonds. The van der Waals surface area contributed by atoms with Gasteiger partial charge in [-0.05, 0) is 46.6 Å². The highest BCUT2D eigenvalue weighted by Gasteiger charge is 2.19. The molecule has 2 rings (SSSR count). The maximum Gasteiger partial charge on any atom is 0.206 e. The molecule has 0 unspecified atom stereocenters. The minimum atomic E-state index is -1.10. The lowest BCUT2D eigenvalue weighted by Gasteiger charge is -2.00. The summed E-state index contributed by atoms with van der Waals surface area (Å²) in [7, 11) is 0. The van der Waals surface area contributed by atoms with Gasteiger partial charge in [-0.25, -0.2) is 8.78 Å². The first-order valence-corrected chi connectivity index (χ1v) is 6.36. The van der Waals surface area contributed by atoms with Crippen molar-refractivity contribution in [2.45, 2.75) is 6.92 Å². The van der Waals surface area contributed by atoms with Crippen LogP contribution in [0.4, 0.5) is 8.78 Å². The molecule has 0 saturated heterocycles. The van der Waals surface area contributed by atoms with Gasteiger partial charge in [0.05, 0.1) is 14.2 Å². The third-order valence-corrected chi connectivity index (χ3v) is 4.41. The normalized spacial score (nSPS) is 10.6. The summed E-state index contributed by atoms with van der Waals surface area (Å²) in [6.45, 7) is 1.83. The number of ketones is 1. The summed E-state index contributed by atoms with van der Waals surface area (Å²) in [6, 6.07) is 5.24. The predicted molar refractivity (Wildman–Crippen MR) is 66.5 cm³/mol. The highest BCUT2D eigenvalue weighted by molar-refractivity contribution is 9.11. The molecular weight excluding hydrogens is 310 g/mol. The molecule has 0 aliphatic rings. The Balaban J connectivity index is 2.47. The van der Waals surface area contributed by atoms with E-state index in [1.54, 1.807) is 6.07 Å². The summed E-state index contributed by atoms with van der Waals surface area (Å²) < 4.78 is 27.3. The molecule has 0 aliphatic carbocycles. The Morgan fingerprint density at radius 2 is 2.06 bits per heavy atom. The van der Waals surface area contributed by atoms with Gasteiger partial charge in [0.1, 0.15) is 0 Å². The largest absolute Gasteiger partial charge is 0.288 e. The van der Waals surface area contributed by atoms with Crippen LogP contribution in [0.25, 0.3) is 0 Å². The van der Waals surface area contributed by atoms with E-state index in [0.717, 1.165) is 15.4 Å². The van der Waals surface area contributed by atoms with E-state index < -0.39 is 17.4 Å². The van der Waals surface area contributed by atoms with E-state index in [2.05, 4.69) is 15.9 Å². The van der Waals surface area contributed by atoms with Crippen molar-refractivity contribution >= 4 is 33.0 Å². The van der Waals surface area contributed by atoms with E-state index in [9.17, 15) is 13.6 Å². The zero-order valence-electron chi connectivity index (χ0n) is 8.76. The predicted octanol–water partition coefficient (Wildman–Crippen LogP) is 4.33. The summed E-state index contributed by atoms with van der Waals surface area (Å²) in [5.74, 6) is -2.61. The van der Waals surface area contributed by atoms with E-state index in [4.69, 9.17) is 0 Å². The Morgan fingerprint density at radius 3 is 2.65 bits per heavy atom. The molecule has 0 bridgehead atoms. The molecule has 2 aromatic rings. The molecule has 1 aromatic carbocycles. The summed E-state index contributed by atoms with van der Waals surface area (Å²) in [5, 5.41) is 0. The molecule has 0 spiro atoms. The molecule has 5 heteroatoms. The quantitative estimate of drug-likeness (QED) is 0.754. The van der Waals surface area contributed by atoms with Crippen LogP contribution < -0.4 is 0 Å². The summed E-state index contributed by atoms with van der Waals surface area (Å²) >= 11 is 4.50. The van der Waals surface area contributed by atoms with Gasteiger partial charge in [-0.1, -0.05) is 6.07 Å². The lowest BCUT2D eigenvalue weighted by molar-refractivity contribution is 0.103. The fourth-order valence-corrected chi connectivity index (χ4v) is 2.87. The number of thiophene rings is 1. The molecule has 0 aliphatic heterocycles. The van der Waals surface area contributed by atoms with Crippen LogP contribution >= 0.6 is 27.3 Å². The van der Waals surface area contributed by atoms with Gasteiger partial charge in [-0.2, -0.15) is 0 Å². The molecule has 17 heavy (non-hydrogen) atoms. The number of carbonyl (C=O) groups excluding carboxylic acids is 1. The number of hydrogen-bond donors (Lipinski definition) is 0. The van der Waals surface area contributed by atoms with Gasteiger partial charge in [0.2, 0.25) is 5.78 Å². The van der Waals surface area contributed by atoms with Crippen molar-refractivity contribution in [2.24, 2.45) is 0 Å². The van der Waals surface area contributed by atoms with Crippen LogP contribution in [0.1, 0.15) is 20.8 Å². The number of hydrogen-bond acceptors (Lipinski definition) is 2. The molecule has 0 N–H and O–H groups in total. The highest BCUT2D eigenvalue weighted by Crippen LogP contribution is 2.29. The van der Waals surface area contributed by atoms with Crippen LogP contribution in [0.3, 0.4) is 0 Å². The summed E-state index contributed by atoms with van der Waals surface area (Å²) in [6.07, 6.45) is 0. The lowest BCUT2D eigenvalue weighted by atomic mass is 10.1. The first-order valence-electron chi connectivity index (χ1n) is 4.75. The average Bonchev–Trinajstić information content (AvgIpc) is 2.62. The maximum atomic E-state index is 13.4. The minimum Gasteiger partial charge on any atom is -0.288 e. The monoisotopic (exact) mass is 316 g/mol. The summed E-state index contributed by atoms with van der Waals surface area (Å²) in [5.41, 5.74) is 0.661. The molecule has 1 heterocycles. The van der Waals surface area contributed by atoms with Crippen LogP contribution in [0.15, 0.2) is 28.1 Å². The number of carbonyl (C=O) groups is 1. The fourth-order valence-electron chi connectivity index (χ4n) is 1.38. The van der Waals surface area contributed by atoms with Gasteiger partial charge >= 0.3 is 0 Å². The Kier molecular flexibility index (Phi) is 3.40. The number of aryl methyl sites for hydroxylation is 1. The second-order valence-electron chi connectivity index (χ2n) is 3.50. The molecule has 0 fully saturated rings. The number of rotatable bonds is 2. The van der Waals surface area contributed by atoms with Crippen molar-refractivity contribution < 1.29 is 13.6 Å². The van der Waals surface area contributed by atoms with Crippen LogP contribution in [0.2, 0.25) is 0 Å². The molecular formula is C12H7BrF2OS. The van der Waals surface area contributed by atoms with Gasteiger partial charge in [-0.3, -0.25) is 4.79 Å². The molecule has 1 aromatic heterocycles. The maximum absolute atomic E-state index is 13.4. The van der Waals surface area contributed by atoms with Crippen molar-refractivity contribution in [2.75, 3.05) is 0 Å². The Labute approximate surface area is 109 Å². The number of benzene rings is 1. The minimum absolute atomic E-state index is 0.237. The fraction of sp³-hybridized carbons (Fsp3) is 0.0833. The Morgan fingerprint density at radius 1 is 1.35 bits per heavy atom. The van der Waals surface area contributed by atoms with E-state index >= 15 is 0 Å². The lowest BCUT2D eigenvalue weighted by Crippen LogP contribution is -2.03. The van der Waals surface area contributed by atoms with E-state index in [0.29, 0.717) is 4.88 Å². The molecule has 0 atom stereocenters. The zero-order chi connectivity index (χ0) is 12.6. The Hall–Kier alpha value is -1.07. The van der Waals surface area contributed by atoms with Crippen molar-refractivity contribution in [1.29, 1.82) is 0 Å². The summed E-state index contributed by atoms with van der Waals surface area (Å²) in [4.78, 5) is 12.4. The standard InChI is InChI=1S/C12H7BrF2OS/c1-6-5-9(17-12(6)13)11(16)7-3-2-4-8(14)10(7)15/h2-5H,1H3. The molecule has 0 radical (unpaired) electrons. The van der Waals surface area contributed by atoms with Gasteiger partial charge in [-0.15, -0.1) is 11.3 Å². The SMILES string of the molecule is Cc1cc(C(=O)c2cccc(F)c2F)sc1Br. The molecule has 0 saturated carbocycles. The molecule has 88 valence electrons. The third-order valence-electron chi connectivity index (χ3n) is 2.28. The van der Waals surface area contributed by atoms with E-state index in [1.807, 2.05) is 6.92 Å².